The van der Waals surface area contributed by atoms with Gasteiger partial charge in [0.05, 0.1) is 5.56 Å². The summed E-state index contributed by atoms with van der Waals surface area (Å²) in [5.41, 5.74) is 5.49. The van der Waals surface area contributed by atoms with Gasteiger partial charge in [0.25, 0.3) is 11.8 Å². The van der Waals surface area contributed by atoms with Gasteiger partial charge in [0.15, 0.2) is 5.78 Å². The Balaban J connectivity index is 2.42. The van der Waals surface area contributed by atoms with Gasteiger partial charge < -0.3 is 10.2 Å². The molecule has 2 amide bonds. The Kier molecular flexibility index (Phi) is 4.32. The van der Waals surface area contributed by atoms with E-state index >= 15 is 0 Å². The lowest BCUT2D eigenvalue weighted by Gasteiger charge is -2.04. The quantitative estimate of drug-likeness (QED) is 0.845. The van der Waals surface area contributed by atoms with Crippen LogP contribution in [0, 0.1) is 6.92 Å². The van der Waals surface area contributed by atoms with Crippen LogP contribution in [0.5, 0.6) is 0 Å². The molecule has 1 aromatic carbocycles. The number of halogens is 1. The first kappa shape index (κ1) is 15.8. The van der Waals surface area contributed by atoms with Crippen molar-refractivity contribution in [3.05, 3.63) is 51.7 Å². The molecule has 0 radical (unpaired) electrons. The van der Waals surface area contributed by atoms with Gasteiger partial charge in [-0.15, -0.1) is 0 Å². The lowest BCUT2D eigenvalue weighted by Crippen LogP contribution is -2.19. The van der Waals surface area contributed by atoms with E-state index in [2.05, 4.69) is 5.32 Å². The molecule has 0 fully saturated rings. The highest BCUT2D eigenvalue weighted by molar-refractivity contribution is 6.31. The van der Waals surface area contributed by atoms with E-state index in [0.29, 0.717) is 5.02 Å². The third-order valence-corrected chi connectivity index (χ3v) is 3.23. The van der Waals surface area contributed by atoms with E-state index in [-0.39, 0.29) is 34.1 Å². The predicted octanol–water partition coefficient (Wildman–Crippen LogP) is 2.80. The normalized spacial score (nSPS) is 10.3. The number of benzene rings is 1. The maximum absolute atomic E-state index is 12.2. The molecule has 114 valence electrons. The van der Waals surface area contributed by atoms with E-state index in [9.17, 15) is 14.4 Å². The fourth-order valence-corrected chi connectivity index (χ4v) is 2.29. The number of amides is 2. The number of primary amides is 1. The summed E-state index contributed by atoms with van der Waals surface area (Å²) < 4.78 is 5.30. The molecular weight excluding hydrogens is 308 g/mol. The molecule has 0 aliphatic heterocycles. The maximum atomic E-state index is 12.2. The summed E-state index contributed by atoms with van der Waals surface area (Å²) in [6, 6.07) is 6.24. The fourth-order valence-electron chi connectivity index (χ4n) is 2.10. The minimum atomic E-state index is -0.858. The highest BCUT2D eigenvalue weighted by Gasteiger charge is 2.26. The van der Waals surface area contributed by atoms with Gasteiger partial charge in [-0.3, -0.25) is 19.7 Å². The van der Waals surface area contributed by atoms with Gasteiger partial charge in [-0.1, -0.05) is 17.7 Å². The Morgan fingerprint density at radius 3 is 2.45 bits per heavy atom. The molecule has 1 heterocycles. The lowest BCUT2D eigenvalue weighted by molar-refractivity contribution is 0.0974. The molecule has 0 saturated carbocycles. The highest BCUT2D eigenvalue weighted by Crippen LogP contribution is 2.27. The number of furan rings is 1. The molecule has 2 rings (SSSR count). The summed E-state index contributed by atoms with van der Waals surface area (Å²) in [4.78, 5) is 35.3. The molecule has 7 heteroatoms. The van der Waals surface area contributed by atoms with Gasteiger partial charge >= 0.3 is 0 Å². The van der Waals surface area contributed by atoms with Crippen molar-refractivity contribution in [3.8, 4) is 0 Å². The van der Waals surface area contributed by atoms with Crippen molar-refractivity contribution < 1.29 is 18.8 Å². The summed E-state index contributed by atoms with van der Waals surface area (Å²) in [6.07, 6.45) is 0. The SMILES string of the molecule is CC(=O)c1c(C)oc(NC(=O)c2cccc(Cl)c2)c1C(N)=O. The molecule has 3 N–H and O–H groups in total. The Labute approximate surface area is 131 Å². The molecule has 6 nitrogen and oxygen atoms in total. The monoisotopic (exact) mass is 320 g/mol. The van der Waals surface area contributed by atoms with Gasteiger partial charge in [0, 0.05) is 10.6 Å². The van der Waals surface area contributed by atoms with Crippen LogP contribution in [0.1, 0.15) is 43.8 Å². The van der Waals surface area contributed by atoms with E-state index < -0.39 is 11.8 Å². The average Bonchev–Trinajstić information content (AvgIpc) is 2.75. The van der Waals surface area contributed by atoms with Gasteiger partial charge in [0.2, 0.25) is 5.88 Å². The topological polar surface area (TPSA) is 102 Å². The number of carbonyl (C=O) groups excluding carboxylic acids is 3. The average molecular weight is 321 g/mol. The molecule has 0 unspecified atom stereocenters. The van der Waals surface area contributed by atoms with E-state index in [4.69, 9.17) is 21.8 Å². The van der Waals surface area contributed by atoms with Crippen LogP contribution in [-0.4, -0.2) is 17.6 Å². The minimum absolute atomic E-state index is 0.0638. The van der Waals surface area contributed by atoms with Gasteiger partial charge in [-0.2, -0.15) is 0 Å². The van der Waals surface area contributed by atoms with Crippen LogP contribution in [0.15, 0.2) is 28.7 Å². The third kappa shape index (κ3) is 3.01. The predicted molar refractivity (Wildman–Crippen MR) is 81.4 cm³/mol. The summed E-state index contributed by atoms with van der Waals surface area (Å²) in [6.45, 7) is 2.80. The molecular formula is C15H13ClN2O4. The van der Waals surface area contributed by atoms with Crippen LogP contribution in [-0.2, 0) is 0 Å². The van der Waals surface area contributed by atoms with Gasteiger partial charge in [0.1, 0.15) is 11.3 Å². The molecule has 0 aliphatic carbocycles. The highest BCUT2D eigenvalue weighted by atomic mass is 35.5. The number of carbonyl (C=O) groups is 3. The van der Waals surface area contributed by atoms with E-state index in [1.807, 2.05) is 0 Å². The molecule has 0 atom stereocenters. The molecule has 2 aromatic rings. The maximum Gasteiger partial charge on any atom is 0.258 e. The second kappa shape index (κ2) is 6.03. The van der Waals surface area contributed by atoms with E-state index in [1.54, 1.807) is 18.2 Å². The summed E-state index contributed by atoms with van der Waals surface area (Å²) in [7, 11) is 0. The van der Waals surface area contributed by atoms with Gasteiger partial charge in [-0.05, 0) is 32.0 Å². The zero-order chi connectivity index (χ0) is 16.4. The summed E-state index contributed by atoms with van der Waals surface area (Å²) >= 11 is 5.82. The molecule has 0 bridgehead atoms. The Hall–Kier alpha value is -2.60. The number of hydrogen-bond donors (Lipinski definition) is 2. The first-order valence-corrected chi connectivity index (χ1v) is 6.70. The number of Topliss-reactive ketones (excluding diaryl/α,β-unsaturated/α-hetero) is 1. The molecule has 22 heavy (non-hydrogen) atoms. The van der Waals surface area contributed by atoms with Crippen molar-refractivity contribution in [2.45, 2.75) is 13.8 Å². The Morgan fingerprint density at radius 2 is 1.91 bits per heavy atom. The lowest BCUT2D eigenvalue weighted by atomic mass is 10.1. The summed E-state index contributed by atoms with van der Waals surface area (Å²) in [5, 5.41) is 2.83. The zero-order valence-electron chi connectivity index (χ0n) is 11.9. The zero-order valence-corrected chi connectivity index (χ0v) is 12.7. The van der Waals surface area contributed by atoms with E-state index in [0.717, 1.165) is 0 Å². The van der Waals surface area contributed by atoms with Crippen molar-refractivity contribution in [1.29, 1.82) is 0 Å². The number of rotatable bonds is 4. The number of nitrogens with two attached hydrogens (primary N) is 1. The first-order valence-electron chi connectivity index (χ1n) is 6.32. The van der Waals surface area contributed by atoms with Crippen LogP contribution in [0.2, 0.25) is 5.02 Å². The second-order valence-corrected chi connectivity index (χ2v) is 5.06. The number of hydrogen-bond acceptors (Lipinski definition) is 4. The van der Waals surface area contributed by atoms with Crippen molar-refractivity contribution in [2.24, 2.45) is 5.73 Å². The number of nitrogens with one attached hydrogen (secondary N) is 1. The van der Waals surface area contributed by atoms with Crippen molar-refractivity contribution in [1.82, 2.24) is 0 Å². The smallest absolute Gasteiger partial charge is 0.258 e. The van der Waals surface area contributed by atoms with Crippen LogP contribution in [0.4, 0.5) is 5.88 Å². The van der Waals surface area contributed by atoms with E-state index in [1.165, 1.54) is 19.9 Å². The van der Waals surface area contributed by atoms with Crippen LogP contribution in [0.25, 0.3) is 0 Å². The number of ketones is 1. The van der Waals surface area contributed by atoms with Crippen molar-refractivity contribution >= 4 is 35.1 Å². The summed E-state index contributed by atoms with van der Waals surface area (Å²) in [5.74, 6) is -1.71. The van der Waals surface area contributed by atoms with Gasteiger partial charge in [-0.25, -0.2) is 0 Å². The number of aryl methyl sites for hydroxylation is 1. The molecule has 0 aliphatic rings. The molecule has 0 spiro atoms. The molecule has 0 saturated heterocycles. The van der Waals surface area contributed by atoms with Crippen molar-refractivity contribution in [3.63, 3.8) is 0 Å². The molecule has 1 aromatic heterocycles. The minimum Gasteiger partial charge on any atom is -0.444 e. The first-order chi connectivity index (χ1) is 10.3. The third-order valence-electron chi connectivity index (χ3n) is 3.00. The van der Waals surface area contributed by atoms with Crippen molar-refractivity contribution in [2.75, 3.05) is 5.32 Å². The Morgan fingerprint density at radius 1 is 1.23 bits per heavy atom. The fraction of sp³-hybridized carbons (Fsp3) is 0.133. The Bertz CT molecular complexity index is 780. The van der Waals surface area contributed by atoms with Crippen LogP contribution >= 0.6 is 11.6 Å². The number of anilines is 1. The van der Waals surface area contributed by atoms with Crippen LogP contribution in [0.3, 0.4) is 0 Å². The van der Waals surface area contributed by atoms with Crippen LogP contribution < -0.4 is 11.1 Å². The largest absolute Gasteiger partial charge is 0.444 e. The second-order valence-electron chi connectivity index (χ2n) is 4.62. The standard InChI is InChI=1S/C15H13ClN2O4/c1-7(19)11-8(2)22-15(12(11)13(17)20)18-14(21)9-4-3-5-10(16)6-9/h3-6H,1-2H3,(H2,17,20)(H,18,21).